The van der Waals surface area contributed by atoms with Gasteiger partial charge in [0.2, 0.25) is 6.43 Å². The predicted molar refractivity (Wildman–Crippen MR) is 32.4 cm³/mol. The Labute approximate surface area is 62.0 Å². The van der Waals surface area contributed by atoms with E-state index in [0.717, 1.165) is 6.92 Å². The van der Waals surface area contributed by atoms with E-state index in [1.54, 1.807) is 0 Å². The normalized spacial score (nSPS) is 13.1. The summed E-state index contributed by atoms with van der Waals surface area (Å²) < 4.78 is 23.0. The van der Waals surface area contributed by atoms with Crippen molar-refractivity contribution in [1.29, 1.82) is 0 Å². The monoisotopic (exact) mass is 166 g/mol. The Bertz CT molecular complexity index is 167. The second-order valence-electron chi connectivity index (χ2n) is 2.12. The highest BCUT2D eigenvalue weighted by atomic mass is 19.3. The Morgan fingerprint density at radius 2 is 1.91 bits per heavy atom. The molecule has 0 fully saturated rings. The van der Waals surface area contributed by atoms with Crippen LogP contribution in [-0.4, -0.2) is 23.3 Å². The lowest BCUT2D eigenvalue weighted by molar-refractivity contribution is -0.146. The molecule has 0 aromatic heterocycles. The molecule has 0 spiro atoms. The van der Waals surface area contributed by atoms with Gasteiger partial charge in [0.1, 0.15) is 5.92 Å². The maximum atomic E-state index is 11.5. The van der Waals surface area contributed by atoms with Crippen molar-refractivity contribution in [2.45, 2.75) is 19.8 Å². The topological polar surface area (TPSA) is 54.4 Å². The number of hydrogen-bond acceptors (Lipinski definition) is 2. The molecule has 64 valence electrons. The first-order valence-corrected chi connectivity index (χ1v) is 2.98. The first kappa shape index (κ1) is 10.0. The first-order chi connectivity index (χ1) is 4.95. The van der Waals surface area contributed by atoms with Crippen molar-refractivity contribution in [3.8, 4) is 0 Å². The summed E-state index contributed by atoms with van der Waals surface area (Å²) in [4.78, 5) is 20.6. The standard InChI is InChI=1S/C6H8F2O3/c1-3(6(10)11)4(9)2-5(7)8/h3,5H,2H2,1H3,(H,10,11). The first-order valence-electron chi connectivity index (χ1n) is 2.98. The summed E-state index contributed by atoms with van der Waals surface area (Å²) in [5, 5.41) is 8.20. The van der Waals surface area contributed by atoms with Gasteiger partial charge >= 0.3 is 5.97 Å². The number of alkyl halides is 2. The van der Waals surface area contributed by atoms with Gasteiger partial charge in [0.15, 0.2) is 5.78 Å². The van der Waals surface area contributed by atoms with Crippen LogP contribution in [0.3, 0.4) is 0 Å². The number of hydrogen-bond donors (Lipinski definition) is 1. The number of carboxylic acid groups (broad SMARTS) is 1. The van der Waals surface area contributed by atoms with Crippen LogP contribution in [0.15, 0.2) is 0 Å². The minimum absolute atomic E-state index is 0.937. The summed E-state index contributed by atoms with van der Waals surface area (Å²) in [6.45, 7) is 1.09. The minimum atomic E-state index is -2.76. The number of Topliss-reactive ketones (excluding diaryl/α,β-unsaturated/α-hetero) is 1. The van der Waals surface area contributed by atoms with Crippen molar-refractivity contribution in [2.75, 3.05) is 0 Å². The van der Waals surface area contributed by atoms with Crippen LogP contribution in [0.2, 0.25) is 0 Å². The third-order valence-corrected chi connectivity index (χ3v) is 1.21. The average molecular weight is 166 g/mol. The molecular formula is C6H8F2O3. The van der Waals surface area contributed by atoms with Crippen LogP contribution in [0.5, 0.6) is 0 Å². The number of carbonyl (C=O) groups is 2. The molecule has 0 aromatic rings. The van der Waals surface area contributed by atoms with Crippen molar-refractivity contribution in [3.05, 3.63) is 0 Å². The number of carbonyl (C=O) groups excluding carboxylic acids is 1. The number of rotatable bonds is 4. The summed E-state index contributed by atoms with van der Waals surface area (Å²) in [6, 6.07) is 0. The molecule has 0 aliphatic rings. The van der Waals surface area contributed by atoms with E-state index in [1.165, 1.54) is 0 Å². The lowest BCUT2D eigenvalue weighted by Crippen LogP contribution is -2.22. The Hall–Kier alpha value is -1.00. The molecule has 0 aliphatic carbocycles. The third-order valence-electron chi connectivity index (χ3n) is 1.21. The van der Waals surface area contributed by atoms with Crippen LogP contribution < -0.4 is 0 Å². The third kappa shape index (κ3) is 3.64. The van der Waals surface area contributed by atoms with Crippen LogP contribution in [0.4, 0.5) is 8.78 Å². The van der Waals surface area contributed by atoms with Crippen LogP contribution in [0, 0.1) is 5.92 Å². The molecule has 5 heteroatoms. The Morgan fingerprint density at radius 1 is 1.45 bits per heavy atom. The SMILES string of the molecule is CC(C(=O)O)C(=O)CC(F)F. The maximum absolute atomic E-state index is 11.5. The molecule has 1 unspecified atom stereocenters. The highest BCUT2D eigenvalue weighted by Gasteiger charge is 2.23. The molecule has 0 heterocycles. The fourth-order valence-corrected chi connectivity index (χ4v) is 0.467. The molecule has 0 rings (SSSR count). The lowest BCUT2D eigenvalue weighted by atomic mass is 10.1. The lowest BCUT2D eigenvalue weighted by Gasteiger charge is -2.02. The zero-order valence-corrected chi connectivity index (χ0v) is 5.88. The van der Waals surface area contributed by atoms with Crippen LogP contribution in [0.25, 0.3) is 0 Å². The van der Waals surface area contributed by atoms with Crippen LogP contribution in [0.1, 0.15) is 13.3 Å². The van der Waals surface area contributed by atoms with Gasteiger partial charge in [-0.3, -0.25) is 9.59 Å². The van der Waals surface area contributed by atoms with Crippen molar-refractivity contribution in [2.24, 2.45) is 5.92 Å². The highest BCUT2D eigenvalue weighted by molar-refractivity contribution is 5.97. The minimum Gasteiger partial charge on any atom is -0.481 e. The number of halogens is 2. The molecule has 1 atom stereocenters. The zero-order chi connectivity index (χ0) is 9.02. The number of ketones is 1. The van der Waals surface area contributed by atoms with Gasteiger partial charge in [-0.05, 0) is 6.92 Å². The molecule has 1 N–H and O–H groups in total. The van der Waals surface area contributed by atoms with E-state index in [0.29, 0.717) is 0 Å². The van der Waals surface area contributed by atoms with E-state index in [9.17, 15) is 18.4 Å². The van der Waals surface area contributed by atoms with Crippen molar-refractivity contribution < 1.29 is 23.5 Å². The van der Waals surface area contributed by atoms with Gasteiger partial charge in [-0.1, -0.05) is 0 Å². The average Bonchev–Trinajstić information content (AvgIpc) is 1.84. The van der Waals surface area contributed by atoms with Crippen LogP contribution in [-0.2, 0) is 9.59 Å². The maximum Gasteiger partial charge on any atom is 0.313 e. The van der Waals surface area contributed by atoms with Gasteiger partial charge in [0.25, 0.3) is 0 Å². The van der Waals surface area contributed by atoms with Gasteiger partial charge < -0.3 is 5.11 Å². The van der Waals surface area contributed by atoms with E-state index in [4.69, 9.17) is 5.11 Å². The quantitative estimate of drug-likeness (QED) is 0.632. The Balaban J connectivity index is 3.93. The largest absolute Gasteiger partial charge is 0.481 e. The van der Waals surface area contributed by atoms with E-state index < -0.39 is 30.5 Å². The van der Waals surface area contributed by atoms with E-state index in [1.807, 2.05) is 0 Å². The molecule has 0 aromatic carbocycles. The van der Waals surface area contributed by atoms with Crippen LogP contribution >= 0.6 is 0 Å². The summed E-state index contributed by atoms with van der Waals surface area (Å²) in [5.41, 5.74) is 0. The number of aliphatic carboxylic acids is 1. The van der Waals surface area contributed by atoms with Gasteiger partial charge in [-0.25, -0.2) is 8.78 Å². The molecule has 0 bridgehead atoms. The molecule has 11 heavy (non-hydrogen) atoms. The predicted octanol–water partition coefficient (Wildman–Crippen LogP) is 0.931. The second-order valence-corrected chi connectivity index (χ2v) is 2.12. The molecule has 0 amide bonds. The van der Waals surface area contributed by atoms with Gasteiger partial charge in [0.05, 0.1) is 6.42 Å². The number of carboxylic acids is 1. The summed E-state index contributed by atoms with van der Waals surface area (Å²) in [7, 11) is 0. The van der Waals surface area contributed by atoms with Crippen molar-refractivity contribution in [1.82, 2.24) is 0 Å². The Kier molecular flexibility index (Phi) is 3.64. The molecule has 0 saturated carbocycles. The van der Waals surface area contributed by atoms with Gasteiger partial charge in [-0.15, -0.1) is 0 Å². The van der Waals surface area contributed by atoms with Gasteiger partial charge in [0, 0.05) is 0 Å². The van der Waals surface area contributed by atoms with E-state index in [2.05, 4.69) is 0 Å². The fraction of sp³-hybridized carbons (Fsp3) is 0.667. The highest BCUT2D eigenvalue weighted by Crippen LogP contribution is 2.06. The molecule has 0 radical (unpaired) electrons. The summed E-state index contributed by atoms with van der Waals surface area (Å²) in [5.74, 6) is -3.63. The van der Waals surface area contributed by atoms with E-state index >= 15 is 0 Å². The zero-order valence-electron chi connectivity index (χ0n) is 5.88. The summed E-state index contributed by atoms with van der Waals surface area (Å²) in [6.07, 6.45) is -3.74. The second kappa shape index (κ2) is 4.00. The Morgan fingerprint density at radius 3 is 2.18 bits per heavy atom. The molecular weight excluding hydrogens is 158 g/mol. The fourth-order valence-electron chi connectivity index (χ4n) is 0.467. The smallest absolute Gasteiger partial charge is 0.313 e. The van der Waals surface area contributed by atoms with E-state index in [-0.39, 0.29) is 0 Å². The molecule has 0 saturated heterocycles. The molecule has 0 aliphatic heterocycles. The van der Waals surface area contributed by atoms with Crippen molar-refractivity contribution >= 4 is 11.8 Å². The van der Waals surface area contributed by atoms with Crippen molar-refractivity contribution in [3.63, 3.8) is 0 Å². The van der Waals surface area contributed by atoms with Gasteiger partial charge in [-0.2, -0.15) is 0 Å². The summed E-state index contributed by atoms with van der Waals surface area (Å²) >= 11 is 0. The molecule has 3 nitrogen and oxygen atoms in total.